The van der Waals surface area contributed by atoms with Gasteiger partial charge in [0, 0.05) is 36.6 Å². The van der Waals surface area contributed by atoms with Gasteiger partial charge in [0.2, 0.25) is 0 Å². The number of fused-ring (bicyclic) bond motifs is 1. The minimum absolute atomic E-state index is 0.335. The molecule has 1 fully saturated rings. The van der Waals surface area contributed by atoms with E-state index in [1.54, 1.807) is 6.33 Å². The van der Waals surface area contributed by atoms with Crippen LogP contribution in [0.3, 0.4) is 0 Å². The molecule has 5 nitrogen and oxygen atoms in total. The van der Waals surface area contributed by atoms with Crippen LogP contribution in [0.25, 0.3) is 11.0 Å². The van der Waals surface area contributed by atoms with Crippen molar-refractivity contribution in [3.05, 3.63) is 78.2 Å². The van der Waals surface area contributed by atoms with Crippen LogP contribution < -0.4 is 10.2 Å². The molecule has 0 spiro atoms. The van der Waals surface area contributed by atoms with E-state index in [2.05, 4.69) is 37.3 Å². The molecule has 2 aromatic heterocycles. The van der Waals surface area contributed by atoms with Crippen LogP contribution in [-0.2, 0) is 6.18 Å². The van der Waals surface area contributed by atoms with E-state index < -0.39 is 11.7 Å². The van der Waals surface area contributed by atoms with Gasteiger partial charge in [0.05, 0.1) is 10.9 Å². The number of hydrogen-bond donors (Lipinski definition) is 2. The van der Waals surface area contributed by atoms with Gasteiger partial charge in [-0.15, -0.1) is 0 Å². The van der Waals surface area contributed by atoms with Crippen LogP contribution in [0.4, 0.5) is 30.4 Å². The van der Waals surface area contributed by atoms with E-state index in [9.17, 15) is 13.2 Å². The zero-order valence-electron chi connectivity index (χ0n) is 17.2. The molecule has 8 heteroatoms. The normalized spacial score (nSPS) is 17.0. The monoisotopic (exact) mass is 437 g/mol. The van der Waals surface area contributed by atoms with Gasteiger partial charge in [-0.05, 0) is 60.9 Å². The Morgan fingerprint density at radius 1 is 1.00 bits per heavy atom. The molecular weight excluding hydrogens is 415 g/mol. The highest BCUT2D eigenvalue weighted by molar-refractivity contribution is 5.87. The Labute approximate surface area is 183 Å². The van der Waals surface area contributed by atoms with E-state index in [4.69, 9.17) is 0 Å². The van der Waals surface area contributed by atoms with E-state index in [-0.39, 0.29) is 0 Å². The van der Waals surface area contributed by atoms with Crippen molar-refractivity contribution in [1.29, 1.82) is 0 Å². The SMILES string of the molecule is FC(F)(F)c1ccc(Nc2cccc(C3CCCN(c4ncnc5[nH]ccc45)C3)c2)cc1. The van der Waals surface area contributed by atoms with Gasteiger partial charge >= 0.3 is 6.18 Å². The Kier molecular flexibility index (Phi) is 5.20. The van der Waals surface area contributed by atoms with Crippen molar-refractivity contribution in [2.75, 3.05) is 23.3 Å². The van der Waals surface area contributed by atoms with Crippen LogP contribution in [0.2, 0.25) is 0 Å². The number of rotatable bonds is 4. The van der Waals surface area contributed by atoms with Gasteiger partial charge in [0.1, 0.15) is 17.8 Å². The number of anilines is 3. The second-order valence-electron chi connectivity index (χ2n) is 8.05. The molecule has 1 saturated heterocycles. The topological polar surface area (TPSA) is 56.8 Å². The largest absolute Gasteiger partial charge is 0.416 e. The summed E-state index contributed by atoms with van der Waals surface area (Å²) in [5.41, 5.74) is 2.86. The van der Waals surface area contributed by atoms with Gasteiger partial charge in [-0.3, -0.25) is 0 Å². The summed E-state index contributed by atoms with van der Waals surface area (Å²) in [5.74, 6) is 1.28. The van der Waals surface area contributed by atoms with Crippen molar-refractivity contribution in [1.82, 2.24) is 15.0 Å². The summed E-state index contributed by atoms with van der Waals surface area (Å²) in [6.07, 6.45) is 1.26. The van der Waals surface area contributed by atoms with Gasteiger partial charge < -0.3 is 15.2 Å². The third kappa shape index (κ3) is 4.12. The van der Waals surface area contributed by atoms with E-state index >= 15 is 0 Å². The Balaban J connectivity index is 1.33. The number of hydrogen-bond acceptors (Lipinski definition) is 4. The zero-order valence-corrected chi connectivity index (χ0v) is 17.2. The third-order valence-corrected chi connectivity index (χ3v) is 5.91. The van der Waals surface area contributed by atoms with Crippen LogP contribution in [0.5, 0.6) is 0 Å². The molecule has 0 amide bonds. The third-order valence-electron chi connectivity index (χ3n) is 5.91. The number of piperidine rings is 1. The minimum Gasteiger partial charge on any atom is -0.356 e. The Bertz CT molecular complexity index is 1220. The van der Waals surface area contributed by atoms with Crippen LogP contribution in [-0.4, -0.2) is 28.0 Å². The quantitative estimate of drug-likeness (QED) is 0.405. The molecular formula is C24H22F3N5. The number of halogens is 3. The predicted octanol–water partition coefficient (Wildman–Crippen LogP) is 6.10. The fourth-order valence-electron chi connectivity index (χ4n) is 4.33. The second kappa shape index (κ2) is 8.18. The lowest BCUT2D eigenvalue weighted by Gasteiger charge is -2.34. The van der Waals surface area contributed by atoms with E-state index in [1.807, 2.05) is 24.4 Å². The lowest BCUT2D eigenvalue weighted by molar-refractivity contribution is -0.137. The van der Waals surface area contributed by atoms with Crippen molar-refractivity contribution in [2.45, 2.75) is 24.9 Å². The highest BCUT2D eigenvalue weighted by Gasteiger charge is 2.30. The molecule has 2 N–H and O–H groups in total. The van der Waals surface area contributed by atoms with E-state index in [0.717, 1.165) is 60.6 Å². The maximum atomic E-state index is 12.8. The molecule has 0 radical (unpaired) electrons. The molecule has 0 saturated carbocycles. The van der Waals surface area contributed by atoms with Crippen molar-refractivity contribution in [2.24, 2.45) is 0 Å². The average Bonchev–Trinajstić information content (AvgIpc) is 3.28. The standard InChI is InChI=1S/C24H22F3N5/c25-24(26,27)18-6-8-19(9-7-18)31-20-5-1-3-16(13-20)17-4-2-12-32(14-17)23-21-10-11-28-22(21)29-15-30-23/h1,3,5-11,13,15,17,31H,2,4,12,14H2,(H,28,29,30). The first-order valence-electron chi connectivity index (χ1n) is 10.5. The van der Waals surface area contributed by atoms with Gasteiger partial charge in [-0.1, -0.05) is 12.1 Å². The first kappa shape index (κ1) is 20.4. The number of benzene rings is 2. The first-order valence-corrected chi connectivity index (χ1v) is 10.5. The average molecular weight is 437 g/mol. The molecule has 1 aliphatic heterocycles. The molecule has 1 aliphatic rings. The van der Waals surface area contributed by atoms with E-state index in [1.165, 1.54) is 17.7 Å². The fraction of sp³-hybridized carbons (Fsp3) is 0.250. The predicted molar refractivity (Wildman–Crippen MR) is 119 cm³/mol. The highest BCUT2D eigenvalue weighted by Crippen LogP contribution is 2.34. The fourth-order valence-corrected chi connectivity index (χ4v) is 4.33. The first-order chi connectivity index (χ1) is 15.5. The van der Waals surface area contributed by atoms with Crippen molar-refractivity contribution in [3.8, 4) is 0 Å². The molecule has 164 valence electrons. The number of alkyl halides is 3. The molecule has 2 aromatic carbocycles. The van der Waals surface area contributed by atoms with Crippen molar-refractivity contribution in [3.63, 3.8) is 0 Å². The highest BCUT2D eigenvalue weighted by atomic mass is 19.4. The van der Waals surface area contributed by atoms with Crippen molar-refractivity contribution < 1.29 is 13.2 Å². The summed E-state index contributed by atoms with van der Waals surface area (Å²) in [4.78, 5) is 14.3. The Morgan fingerprint density at radius 3 is 2.66 bits per heavy atom. The van der Waals surface area contributed by atoms with Crippen LogP contribution in [0.15, 0.2) is 67.1 Å². The van der Waals surface area contributed by atoms with Crippen LogP contribution in [0, 0.1) is 0 Å². The Morgan fingerprint density at radius 2 is 1.84 bits per heavy atom. The van der Waals surface area contributed by atoms with Crippen LogP contribution >= 0.6 is 0 Å². The van der Waals surface area contributed by atoms with Gasteiger partial charge in [-0.25, -0.2) is 9.97 Å². The van der Waals surface area contributed by atoms with E-state index in [0.29, 0.717) is 11.6 Å². The minimum atomic E-state index is -4.33. The lowest BCUT2D eigenvalue weighted by Crippen LogP contribution is -2.35. The number of H-pyrrole nitrogens is 1. The van der Waals surface area contributed by atoms with Crippen LogP contribution in [0.1, 0.15) is 29.9 Å². The van der Waals surface area contributed by atoms with Gasteiger partial charge in [0.15, 0.2) is 0 Å². The molecule has 3 heterocycles. The summed E-state index contributed by atoms with van der Waals surface area (Å²) >= 11 is 0. The molecule has 1 unspecified atom stereocenters. The van der Waals surface area contributed by atoms with Gasteiger partial charge in [0.25, 0.3) is 0 Å². The molecule has 1 atom stereocenters. The summed E-state index contributed by atoms with van der Waals surface area (Å²) in [7, 11) is 0. The molecule has 32 heavy (non-hydrogen) atoms. The molecule has 0 aliphatic carbocycles. The summed E-state index contributed by atoms with van der Waals surface area (Å²) in [5, 5.41) is 4.24. The molecule has 5 rings (SSSR count). The number of nitrogens with zero attached hydrogens (tertiary/aromatic N) is 3. The number of nitrogens with one attached hydrogen (secondary N) is 2. The Hall–Kier alpha value is -3.55. The van der Waals surface area contributed by atoms with Crippen molar-refractivity contribution >= 4 is 28.2 Å². The number of aromatic amines is 1. The maximum absolute atomic E-state index is 12.8. The molecule has 4 aromatic rings. The second-order valence-corrected chi connectivity index (χ2v) is 8.05. The molecule has 0 bridgehead atoms. The summed E-state index contributed by atoms with van der Waals surface area (Å²) < 4.78 is 38.4. The summed E-state index contributed by atoms with van der Waals surface area (Å²) in [6.45, 7) is 1.79. The smallest absolute Gasteiger partial charge is 0.356 e. The zero-order chi connectivity index (χ0) is 22.1. The van der Waals surface area contributed by atoms with Gasteiger partial charge in [-0.2, -0.15) is 13.2 Å². The number of aromatic nitrogens is 3. The summed E-state index contributed by atoms with van der Waals surface area (Å²) in [6, 6.07) is 15.2. The lowest BCUT2D eigenvalue weighted by atomic mass is 9.90. The maximum Gasteiger partial charge on any atom is 0.416 e.